The largest absolute Gasteiger partial charge is 0.376 e. The number of amides is 1. The minimum absolute atomic E-state index is 0.0210. The normalized spacial score (nSPS) is 17.9. The molecule has 0 aliphatic carbocycles. The molecule has 0 bridgehead atoms. The van der Waals surface area contributed by atoms with E-state index in [-0.39, 0.29) is 11.7 Å². The van der Waals surface area contributed by atoms with Crippen LogP contribution in [0, 0.1) is 11.3 Å². The van der Waals surface area contributed by atoms with Gasteiger partial charge in [0.1, 0.15) is 11.6 Å². The number of nitrogens with zero attached hydrogens (tertiary/aromatic N) is 2. The van der Waals surface area contributed by atoms with Crippen molar-refractivity contribution in [3.8, 4) is 6.07 Å². The molecule has 1 aliphatic heterocycles. The molecule has 118 valence electrons. The van der Waals surface area contributed by atoms with Crippen molar-refractivity contribution in [1.82, 2.24) is 15.3 Å². The van der Waals surface area contributed by atoms with Crippen LogP contribution in [0.5, 0.6) is 0 Å². The van der Waals surface area contributed by atoms with Gasteiger partial charge in [-0.2, -0.15) is 5.26 Å². The highest BCUT2D eigenvalue weighted by atomic mass is 16.5. The van der Waals surface area contributed by atoms with Crippen molar-refractivity contribution < 1.29 is 9.53 Å². The Hall–Kier alpha value is -2.85. The number of nitrogens with one attached hydrogen (secondary N) is 3. The van der Waals surface area contributed by atoms with Gasteiger partial charge >= 0.3 is 0 Å². The highest BCUT2D eigenvalue weighted by Gasteiger charge is 2.17. The molecule has 1 aromatic carbocycles. The van der Waals surface area contributed by atoms with Crippen molar-refractivity contribution in [2.75, 3.05) is 18.5 Å². The molecule has 1 saturated heterocycles. The van der Waals surface area contributed by atoms with Crippen molar-refractivity contribution in [2.45, 2.75) is 18.9 Å². The van der Waals surface area contributed by atoms with Crippen molar-refractivity contribution >= 4 is 22.6 Å². The molecule has 1 unspecified atom stereocenters. The number of hydrogen-bond acceptors (Lipinski definition) is 5. The number of aromatic nitrogens is 2. The number of rotatable bonds is 5. The number of aromatic amines is 1. The van der Waals surface area contributed by atoms with Gasteiger partial charge in [0.25, 0.3) is 5.91 Å². The Morgan fingerprint density at radius 3 is 3.26 bits per heavy atom. The summed E-state index contributed by atoms with van der Waals surface area (Å²) in [4.78, 5) is 19.1. The standard InChI is InChI=1S/C16H17N5O2/c17-7-11(16(22)19-9-13-2-1-5-23-13)8-18-12-3-4-14-15(6-12)21-10-20-14/h3-4,6,8,10,13,18H,1-2,5,9H2,(H,19,22)(H,20,21)/b11-8-. The van der Waals surface area contributed by atoms with Crippen LogP contribution < -0.4 is 10.6 Å². The summed E-state index contributed by atoms with van der Waals surface area (Å²) in [5.41, 5.74) is 2.52. The van der Waals surface area contributed by atoms with Gasteiger partial charge in [0.05, 0.1) is 23.5 Å². The Labute approximate surface area is 133 Å². The molecular formula is C16H17N5O2. The topological polar surface area (TPSA) is 103 Å². The van der Waals surface area contributed by atoms with Gasteiger partial charge in [0, 0.05) is 25.0 Å². The first kappa shape index (κ1) is 15.1. The molecule has 1 aliphatic rings. The van der Waals surface area contributed by atoms with Crippen LogP contribution >= 0.6 is 0 Å². The van der Waals surface area contributed by atoms with Crippen molar-refractivity contribution in [3.05, 3.63) is 36.3 Å². The zero-order chi connectivity index (χ0) is 16.1. The summed E-state index contributed by atoms with van der Waals surface area (Å²) in [7, 11) is 0. The second kappa shape index (κ2) is 6.94. The average Bonchev–Trinajstić information content (AvgIpc) is 3.24. The Morgan fingerprint density at radius 1 is 1.57 bits per heavy atom. The molecule has 23 heavy (non-hydrogen) atoms. The third-order valence-corrected chi connectivity index (χ3v) is 3.68. The second-order valence-corrected chi connectivity index (χ2v) is 5.29. The summed E-state index contributed by atoms with van der Waals surface area (Å²) in [5.74, 6) is -0.405. The number of carbonyl (C=O) groups excluding carboxylic acids is 1. The van der Waals surface area contributed by atoms with E-state index in [0.29, 0.717) is 6.54 Å². The number of nitriles is 1. The van der Waals surface area contributed by atoms with E-state index in [0.717, 1.165) is 36.2 Å². The third kappa shape index (κ3) is 3.67. The fourth-order valence-electron chi connectivity index (χ4n) is 2.44. The quantitative estimate of drug-likeness (QED) is 0.576. The number of imidazole rings is 1. The van der Waals surface area contributed by atoms with Gasteiger partial charge in [-0.25, -0.2) is 4.98 Å². The van der Waals surface area contributed by atoms with E-state index in [1.54, 1.807) is 6.33 Å². The summed E-state index contributed by atoms with van der Waals surface area (Å²) < 4.78 is 5.44. The van der Waals surface area contributed by atoms with Crippen LogP contribution in [0.3, 0.4) is 0 Å². The summed E-state index contributed by atoms with van der Waals surface area (Å²) in [6.07, 6.45) is 5.02. The predicted octanol–water partition coefficient (Wildman–Crippen LogP) is 1.68. The van der Waals surface area contributed by atoms with Gasteiger partial charge in [0.2, 0.25) is 0 Å². The lowest BCUT2D eigenvalue weighted by Crippen LogP contribution is -2.32. The number of benzene rings is 1. The molecule has 2 aromatic rings. The molecule has 3 N–H and O–H groups in total. The minimum Gasteiger partial charge on any atom is -0.376 e. The molecule has 3 rings (SSSR count). The number of carbonyl (C=O) groups is 1. The SMILES string of the molecule is N#C/C(=C/Nc1ccc2nc[nH]c2c1)C(=O)NCC1CCCO1. The Balaban J connectivity index is 1.61. The highest BCUT2D eigenvalue weighted by molar-refractivity contribution is 5.97. The fourth-order valence-corrected chi connectivity index (χ4v) is 2.44. The molecular weight excluding hydrogens is 294 g/mol. The molecule has 7 heteroatoms. The van der Waals surface area contributed by atoms with Crippen LogP contribution in [-0.4, -0.2) is 35.1 Å². The zero-order valence-electron chi connectivity index (χ0n) is 12.5. The molecule has 1 fully saturated rings. The van der Waals surface area contributed by atoms with E-state index < -0.39 is 5.91 Å². The van der Waals surface area contributed by atoms with Crippen molar-refractivity contribution in [2.24, 2.45) is 0 Å². The highest BCUT2D eigenvalue weighted by Crippen LogP contribution is 2.16. The second-order valence-electron chi connectivity index (χ2n) is 5.29. The zero-order valence-corrected chi connectivity index (χ0v) is 12.5. The van der Waals surface area contributed by atoms with Crippen LogP contribution in [0.2, 0.25) is 0 Å². The first-order valence-electron chi connectivity index (χ1n) is 7.46. The lowest BCUT2D eigenvalue weighted by molar-refractivity contribution is -0.117. The summed E-state index contributed by atoms with van der Waals surface area (Å²) in [6, 6.07) is 7.45. The lowest BCUT2D eigenvalue weighted by Gasteiger charge is -2.10. The van der Waals surface area contributed by atoms with Crippen LogP contribution in [0.25, 0.3) is 11.0 Å². The van der Waals surface area contributed by atoms with Crippen LogP contribution in [0.15, 0.2) is 36.3 Å². The van der Waals surface area contributed by atoms with Crippen LogP contribution in [-0.2, 0) is 9.53 Å². The number of anilines is 1. The number of ether oxygens (including phenoxy) is 1. The smallest absolute Gasteiger partial charge is 0.263 e. The fraction of sp³-hybridized carbons (Fsp3) is 0.312. The van der Waals surface area contributed by atoms with Crippen LogP contribution in [0.4, 0.5) is 5.69 Å². The number of hydrogen-bond donors (Lipinski definition) is 3. The molecule has 2 heterocycles. The third-order valence-electron chi connectivity index (χ3n) is 3.68. The summed E-state index contributed by atoms with van der Waals surface area (Å²) in [5, 5.41) is 14.8. The van der Waals surface area contributed by atoms with E-state index in [1.165, 1.54) is 6.20 Å². The molecule has 0 spiro atoms. The Morgan fingerprint density at radius 2 is 2.48 bits per heavy atom. The molecule has 0 radical (unpaired) electrons. The maximum Gasteiger partial charge on any atom is 0.263 e. The first-order chi connectivity index (χ1) is 11.3. The maximum absolute atomic E-state index is 12.0. The molecule has 1 aromatic heterocycles. The van der Waals surface area contributed by atoms with Crippen molar-refractivity contribution in [1.29, 1.82) is 5.26 Å². The van der Waals surface area contributed by atoms with E-state index in [9.17, 15) is 4.79 Å². The van der Waals surface area contributed by atoms with Gasteiger partial charge < -0.3 is 20.4 Å². The maximum atomic E-state index is 12.0. The van der Waals surface area contributed by atoms with Gasteiger partial charge in [0.15, 0.2) is 0 Å². The first-order valence-corrected chi connectivity index (χ1v) is 7.46. The summed E-state index contributed by atoms with van der Waals surface area (Å²) in [6.45, 7) is 1.16. The Bertz CT molecular complexity index is 768. The minimum atomic E-state index is -0.405. The number of fused-ring (bicyclic) bond motifs is 1. The van der Waals surface area contributed by atoms with E-state index in [4.69, 9.17) is 10.00 Å². The van der Waals surface area contributed by atoms with Crippen LogP contribution in [0.1, 0.15) is 12.8 Å². The Kier molecular flexibility index (Phi) is 4.54. The number of H-pyrrole nitrogens is 1. The van der Waals surface area contributed by atoms with E-state index in [1.807, 2.05) is 24.3 Å². The average molecular weight is 311 g/mol. The van der Waals surface area contributed by atoms with Gasteiger partial charge in [-0.05, 0) is 31.0 Å². The van der Waals surface area contributed by atoms with Gasteiger partial charge in [-0.1, -0.05) is 0 Å². The predicted molar refractivity (Wildman–Crippen MR) is 85.4 cm³/mol. The molecule has 0 saturated carbocycles. The van der Waals surface area contributed by atoms with Gasteiger partial charge in [-0.3, -0.25) is 4.79 Å². The van der Waals surface area contributed by atoms with E-state index >= 15 is 0 Å². The lowest BCUT2D eigenvalue weighted by atomic mass is 10.2. The molecule has 7 nitrogen and oxygen atoms in total. The van der Waals surface area contributed by atoms with Crippen molar-refractivity contribution in [3.63, 3.8) is 0 Å². The van der Waals surface area contributed by atoms with E-state index in [2.05, 4.69) is 20.6 Å². The molecule has 1 amide bonds. The molecule has 1 atom stereocenters. The van der Waals surface area contributed by atoms with Gasteiger partial charge in [-0.15, -0.1) is 0 Å². The summed E-state index contributed by atoms with van der Waals surface area (Å²) >= 11 is 0. The monoisotopic (exact) mass is 311 g/mol.